The number of nitrogens with zero attached hydrogens (tertiary/aromatic N) is 4. The van der Waals surface area contributed by atoms with Crippen molar-refractivity contribution in [2.75, 3.05) is 13.1 Å². The molecule has 1 amide bonds. The van der Waals surface area contributed by atoms with Gasteiger partial charge in [-0.2, -0.15) is 0 Å². The molecule has 27 heavy (non-hydrogen) atoms. The minimum absolute atomic E-state index is 0. The van der Waals surface area contributed by atoms with E-state index in [1.54, 1.807) is 10.9 Å². The lowest BCUT2D eigenvalue weighted by Gasteiger charge is -2.10. The molecule has 0 bridgehead atoms. The molecule has 4 rings (SSSR count). The van der Waals surface area contributed by atoms with E-state index in [9.17, 15) is 4.79 Å². The van der Waals surface area contributed by atoms with Crippen molar-refractivity contribution >= 4 is 41.6 Å². The van der Waals surface area contributed by atoms with Crippen LogP contribution in [0.4, 0.5) is 0 Å². The van der Waals surface area contributed by atoms with Gasteiger partial charge >= 0.3 is 0 Å². The highest BCUT2D eigenvalue weighted by Gasteiger charge is 2.20. The number of hydrogen-bond acceptors (Lipinski definition) is 5. The number of rotatable bonds is 4. The monoisotopic (exact) mass is 408 g/mol. The topological polar surface area (TPSA) is 84.7 Å². The summed E-state index contributed by atoms with van der Waals surface area (Å²) in [6.45, 7) is 3.50. The zero-order valence-electron chi connectivity index (χ0n) is 14.9. The van der Waals surface area contributed by atoms with Gasteiger partial charge in [-0.3, -0.25) is 9.78 Å². The number of nitrogens with one attached hydrogen (secondary N) is 2. The number of pyridine rings is 1. The molecule has 1 aromatic carbocycles. The fraction of sp³-hybridized carbons (Fsp3) is 0.333. The first-order chi connectivity index (χ1) is 12.2. The number of halogens is 2. The number of carbonyl (C=O) groups excluding carboxylic acids is 1. The van der Waals surface area contributed by atoms with Crippen LogP contribution in [0.2, 0.25) is 0 Å². The van der Waals surface area contributed by atoms with Crippen LogP contribution in [0.1, 0.15) is 29.0 Å². The third-order valence-corrected chi connectivity index (χ3v) is 4.61. The van der Waals surface area contributed by atoms with Gasteiger partial charge in [0.1, 0.15) is 0 Å². The molecule has 1 fully saturated rings. The summed E-state index contributed by atoms with van der Waals surface area (Å²) in [5, 5.41) is 15.6. The second-order valence-electron chi connectivity index (χ2n) is 6.32. The third kappa shape index (κ3) is 4.37. The van der Waals surface area contributed by atoms with Crippen LogP contribution in [0.15, 0.2) is 36.5 Å². The zero-order chi connectivity index (χ0) is 17.2. The minimum Gasteiger partial charge on any atom is -0.349 e. The van der Waals surface area contributed by atoms with Crippen molar-refractivity contribution in [3.05, 3.63) is 47.9 Å². The fourth-order valence-corrected chi connectivity index (χ4v) is 3.21. The molecule has 1 aliphatic heterocycles. The summed E-state index contributed by atoms with van der Waals surface area (Å²) in [4.78, 5) is 16.7. The Morgan fingerprint density at radius 3 is 2.96 bits per heavy atom. The summed E-state index contributed by atoms with van der Waals surface area (Å²) < 4.78 is 1.69. The largest absolute Gasteiger partial charge is 0.349 e. The van der Waals surface area contributed by atoms with Crippen LogP contribution in [-0.4, -0.2) is 45.0 Å². The number of amides is 1. The average molecular weight is 409 g/mol. The van der Waals surface area contributed by atoms with Crippen LogP contribution < -0.4 is 10.6 Å². The number of carbonyl (C=O) groups is 1. The Morgan fingerprint density at radius 2 is 2.19 bits per heavy atom. The average Bonchev–Trinajstić information content (AvgIpc) is 3.29. The fourth-order valence-electron chi connectivity index (χ4n) is 3.21. The maximum absolute atomic E-state index is 12.4. The van der Waals surface area contributed by atoms with Gasteiger partial charge in [-0.05, 0) is 50.6 Å². The van der Waals surface area contributed by atoms with Gasteiger partial charge in [-0.1, -0.05) is 11.3 Å². The molecule has 1 aliphatic rings. The van der Waals surface area contributed by atoms with Crippen LogP contribution in [-0.2, 0) is 0 Å². The van der Waals surface area contributed by atoms with E-state index in [0.29, 0.717) is 18.3 Å². The number of aromatic nitrogens is 4. The molecule has 1 saturated heterocycles. The molecule has 9 heteroatoms. The highest BCUT2D eigenvalue weighted by atomic mass is 35.5. The van der Waals surface area contributed by atoms with Crippen LogP contribution >= 0.6 is 24.8 Å². The van der Waals surface area contributed by atoms with Gasteiger partial charge in [0.2, 0.25) is 0 Å². The van der Waals surface area contributed by atoms with E-state index in [0.717, 1.165) is 41.7 Å². The standard InChI is InChI=1S/C18H20N6O.2ClH/c1-12-17(18(25)21-11-14-5-3-8-19-14)22-23-24(12)15-6-7-16-13(10-15)4-2-9-20-16;;/h2,4,6-7,9-10,14,19H,3,5,8,11H2,1H3,(H,21,25);2*1H. The third-order valence-electron chi connectivity index (χ3n) is 4.61. The van der Waals surface area contributed by atoms with Crippen LogP contribution in [0, 0.1) is 6.92 Å². The number of benzene rings is 1. The molecule has 1 atom stereocenters. The zero-order valence-corrected chi connectivity index (χ0v) is 16.5. The Bertz CT molecular complexity index is 923. The lowest BCUT2D eigenvalue weighted by Crippen LogP contribution is -2.37. The predicted molar refractivity (Wildman–Crippen MR) is 109 cm³/mol. The van der Waals surface area contributed by atoms with Crippen molar-refractivity contribution in [1.82, 2.24) is 30.6 Å². The second kappa shape index (κ2) is 9.12. The van der Waals surface area contributed by atoms with Crippen LogP contribution in [0.3, 0.4) is 0 Å². The summed E-state index contributed by atoms with van der Waals surface area (Å²) in [6, 6.07) is 10.1. The molecule has 1 unspecified atom stereocenters. The van der Waals surface area contributed by atoms with Gasteiger partial charge in [0.25, 0.3) is 5.91 Å². The molecule has 0 spiro atoms. The van der Waals surface area contributed by atoms with Gasteiger partial charge in [-0.25, -0.2) is 4.68 Å². The molecule has 144 valence electrons. The normalized spacial score (nSPS) is 15.8. The summed E-state index contributed by atoms with van der Waals surface area (Å²) in [5.41, 5.74) is 2.87. The van der Waals surface area contributed by atoms with Gasteiger partial charge < -0.3 is 10.6 Å². The molecular formula is C18H22Cl2N6O. The van der Waals surface area contributed by atoms with Gasteiger partial charge in [-0.15, -0.1) is 29.9 Å². The van der Waals surface area contributed by atoms with Crippen LogP contribution in [0.25, 0.3) is 16.6 Å². The number of hydrogen-bond donors (Lipinski definition) is 2. The first kappa shape index (κ1) is 21.1. The van der Waals surface area contributed by atoms with E-state index in [2.05, 4.69) is 25.9 Å². The summed E-state index contributed by atoms with van der Waals surface area (Å²) in [7, 11) is 0. The second-order valence-corrected chi connectivity index (χ2v) is 6.32. The maximum atomic E-state index is 12.4. The highest BCUT2D eigenvalue weighted by molar-refractivity contribution is 5.93. The molecule has 7 nitrogen and oxygen atoms in total. The van der Waals surface area contributed by atoms with Crippen molar-refractivity contribution in [2.45, 2.75) is 25.8 Å². The van der Waals surface area contributed by atoms with E-state index < -0.39 is 0 Å². The van der Waals surface area contributed by atoms with Crippen molar-refractivity contribution in [1.29, 1.82) is 0 Å². The minimum atomic E-state index is -0.181. The molecule has 0 saturated carbocycles. The molecule has 3 heterocycles. The lowest BCUT2D eigenvalue weighted by molar-refractivity contribution is 0.0944. The molecule has 2 aromatic heterocycles. The van der Waals surface area contributed by atoms with Crippen molar-refractivity contribution < 1.29 is 4.79 Å². The first-order valence-corrected chi connectivity index (χ1v) is 8.51. The lowest BCUT2D eigenvalue weighted by atomic mass is 10.2. The highest BCUT2D eigenvalue weighted by Crippen LogP contribution is 2.18. The Labute approximate surface area is 169 Å². The van der Waals surface area contributed by atoms with E-state index in [1.165, 1.54) is 0 Å². The Balaban J connectivity index is 0.00000131. The van der Waals surface area contributed by atoms with Crippen molar-refractivity contribution in [2.24, 2.45) is 0 Å². The smallest absolute Gasteiger partial charge is 0.273 e. The molecule has 0 radical (unpaired) electrons. The SMILES string of the molecule is Cc1c(C(=O)NCC2CCCN2)nnn1-c1ccc2ncccc2c1.Cl.Cl. The predicted octanol–water partition coefficient (Wildman–Crippen LogP) is 2.45. The van der Waals surface area contributed by atoms with Crippen LogP contribution in [0.5, 0.6) is 0 Å². The Hall–Kier alpha value is -2.22. The summed E-state index contributed by atoms with van der Waals surface area (Å²) in [5.74, 6) is -0.181. The molecule has 3 aromatic rings. The van der Waals surface area contributed by atoms with E-state index in [1.807, 2.05) is 37.3 Å². The van der Waals surface area contributed by atoms with Gasteiger partial charge in [0.15, 0.2) is 5.69 Å². The molecule has 2 N–H and O–H groups in total. The van der Waals surface area contributed by atoms with Gasteiger partial charge in [0.05, 0.1) is 16.9 Å². The van der Waals surface area contributed by atoms with E-state index in [4.69, 9.17) is 0 Å². The van der Waals surface area contributed by atoms with E-state index >= 15 is 0 Å². The summed E-state index contributed by atoms with van der Waals surface area (Å²) >= 11 is 0. The van der Waals surface area contributed by atoms with Crippen molar-refractivity contribution in [3.63, 3.8) is 0 Å². The Morgan fingerprint density at radius 1 is 1.33 bits per heavy atom. The Kier molecular flexibility index (Phi) is 7.12. The van der Waals surface area contributed by atoms with Gasteiger partial charge in [0, 0.05) is 24.2 Å². The molecular weight excluding hydrogens is 387 g/mol. The number of fused-ring (bicyclic) bond motifs is 1. The van der Waals surface area contributed by atoms with E-state index in [-0.39, 0.29) is 30.7 Å². The maximum Gasteiger partial charge on any atom is 0.273 e. The van der Waals surface area contributed by atoms with Crippen molar-refractivity contribution in [3.8, 4) is 5.69 Å². The quantitative estimate of drug-likeness (QED) is 0.692. The first-order valence-electron chi connectivity index (χ1n) is 8.51. The summed E-state index contributed by atoms with van der Waals surface area (Å²) in [6.07, 6.45) is 4.02. The molecule has 0 aliphatic carbocycles.